The molecule has 0 aliphatic heterocycles. The molecule has 1 amide bonds. The Morgan fingerprint density at radius 2 is 1.42 bits per heavy atom. The first-order valence-electron chi connectivity index (χ1n) is 7.85. The van der Waals surface area contributed by atoms with E-state index in [0.29, 0.717) is 23.2 Å². The van der Waals surface area contributed by atoms with Crippen molar-refractivity contribution in [2.75, 3.05) is 0 Å². The second-order valence-corrected chi connectivity index (χ2v) is 5.77. The second-order valence-electron chi connectivity index (χ2n) is 5.77. The third-order valence-electron chi connectivity index (χ3n) is 4.29. The minimum absolute atomic E-state index is 0.0155. The third-order valence-corrected chi connectivity index (χ3v) is 4.29. The van der Waals surface area contributed by atoms with E-state index < -0.39 is 0 Å². The summed E-state index contributed by atoms with van der Waals surface area (Å²) >= 11 is 0. The highest BCUT2D eigenvalue weighted by molar-refractivity contribution is 6.24. The Bertz CT molecular complexity index is 945. The molecule has 0 heterocycles. The number of amides is 1. The molecule has 0 radical (unpaired) electrons. The maximum Gasteiger partial charge on any atom is 0.252 e. The molecule has 4 rings (SSSR count). The van der Waals surface area contributed by atoms with Gasteiger partial charge in [-0.3, -0.25) is 9.59 Å². The molecule has 3 nitrogen and oxygen atoms in total. The molecule has 0 saturated carbocycles. The summed E-state index contributed by atoms with van der Waals surface area (Å²) in [5.41, 5.74) is 4.42. The normalized spacial score (nSPS) is 11.8. The maximum absolute atomic E-state index is 12.7. The number of carbonyl (C=O) groups excluding carboxylic acids is 2. The van der Waals surface area contributed by atoms with E-state index in [1.165, 1.54) is 0 Å². The number of ketones is 1. The molecule has 3 heteroatoms. The number of fused-ring (bicyclic) bond motifs is 3. The molecule has 0 aromatic heterocycles. The third kappa shape index (κ3) is 2.31. The highest BCUT2D eigenvalue weighted by Gasteiger charge is 2.29. The number of hydrogen-bond acceptors (Lipinski definition) is 2. The van der Waals surface area contributed by atoms with Gasteiger partial charge >= 0.3 is 0 Å². The number of nitrogens with one attached hydrogen (secondary N) is 1. The van der Waals surface area contributed by atoms with Gasteiger partial charge in [-0.25, -0.2) is 0 Å². The van der Waals surface area contributed by atoms with Crippen LogP contribution in [0.15, 0.2) is 72.8 Å². The smallest absolute Gasteiger partial charge is 0.252 e. The summed E-state index contributed by atoms with van der Waals surface area (Å²) < 4.78 is 0. The second kappa shape index (κ2) is 5.78. The molecular formula is C21H15NO2. The van der Waals surface area contributed by atoms with E-state index in [0.717, 1.165) is 16.7 Å². The van der Waals surface area contributed by atoms with Crippen LogP contribution < -0.4 is 5.32 Å². The van der Waals surface area contributed by atoms with Gasteiger partial charge in [0.25, 0.3) is 5.91 Å². The topological polar surface area (TPSA) is 46.2 Å². The minimum Gasteiger partial charge on any atom is -0.348 e. The van der Waals surface area contributed by atoms with Gasteiger partial charge in [-0.1, -0.05) is 66.7 Å². The average molecular weight is 313 g/mol. The maximum atomic E-state index is 12.7. The monoisotopic (exact) mass is 313 g/mol. The SMILES string of the molecule is O=C(NCc1ccccc1)c1cccc2c1-c1ccccc1C2=O. The van der Waals surface area contributed by atoms with E-state index >= 15 is 0 Å². The van der Waals surface area contributed by atoms with Crippen LogP contribution in [0.25, 0.3) is 11.1 Å². The summed E-state index contributed by atoms with van der Waals surface area (Å²) in [6.07, 6.45) is 0. The van der Waals surface area contributed by atoms with Gasteiger partial charge in [0.1, 0.15) is 0 Å². The number of rotatable bonds is 3. The largest absolute Gasteiger partial charge is 0.348 e. The number of benzene rings is 3. The van der Waals surface area contributed by atoms with Crippen LogP contribution in [-0.4, -0.2) is 11.7 Å². The molecule has 24 heavy (non-hydrogen) atoms. The zero-order valence-corrected chi connectivity index (χ0v) is 13.0. The summed E-state index contributed by atoms with van der Waals surface area (Å²) in [6, 6.07) is 22.5. The van der Waals surface area contributed by atoms with E-state index in [9.17, 15) is 9.59 Å². The van der Waals surface area contributed by atoms with E-state index in [1.54, 1.807) is 18.2 Å². The van der Waals surface area contributed by atoms with E-state index in [1.807, 2.05) is 54.6 Å². The van der Waals surface area contributed by atoms with Crippen molar-refractivity contribution in [3.63, 3.8) is 0 Å². The van der Waals surface area contributed by atoms with E-state index in [4.69, 9.17) is 0 Å². The zero-order chi connectivity index (χ0) is 16.5. The van der Waals surface area contributed by atoms with Gasteiger partial charge in [0, 0.05) is 28.8 Å². The molecular weight excluding hydrogens is 298 g/mol. The average Bonchev–Trinajstić information content (AvgIpc) is 2.94. The van der Waals surface area contributed by atoms with Crippen LogP contribution in [0.5, 0.6) is 0 Å². The number of carbonyl (C=O) groups is 2. The molecule has 1 aliphatic rings. The lowest BCUT2D eigenvalue weighted by molar-refractivity contribution is 0.0951. The predicted molar refractivity (Wildman–Crippen MR) is 92.9 cm³/mol. The summed E-state index contributed by atoms with van der Waals surface area (Å²) in [4.78, 5) is 25.2. The molecule has 1 N–H and O–H groups in total. The van der Waals surface area contributed by atoms with E-state index in [-0.39, 0.29) is 11.7 Å². The highest BCUT2D eigenvalue weighted by atomic mass is 16.1. The summed E-state index contributed by atoms with van der Waals surface area (Å²) in [5.74, 6) is -0.182. The molecule has 0 spiro atoms. The Morgan fingerprint density at radius 1 is 0.750 bits per heavy atom. The fourth-order valence-corrected chi connectivity index (χ4v) is 3.14. The van der Waals surface area contributed by atoms with E-state index in [2.05, 4.69) is 5.32 Å². The Balaban J connectivity index is 1.69. The Kier molecular flexibility index (Phi) is 3.47. The first kappa shape index (κ1) is 14.4. The lowest BCUT2D eigenvalue weighted by Crippen LogP contribution is -2.23. The number of hydrogen-bond donors (Lipinski definition) is 1. The van der Waals surface area contributed by atoms with Crippen LogP contribution in [0.2, 0.25) is 0 Å². The van der Waals surface area contributed by atoms with Gasteiger partial charge in [0.05, 0.1) is 0 Å². The van der Waals surface area contributed by atoms with Crippen molar-refractivity contribution >= 4 is 11.7 Å². The van der Waals surface area contributed by atoms with Crippen molar-refractivity contribution < 1.29 is 9.59 Å². The fourth-order valence-electron chi connectivity index (χ4n) is 3.14. The van der Waals surface area contributed by atoms with Crippen molar-refractivity contribution in [2.24, 2.45) is 0 Å². The first-order chi connectivity index (χ1) is 11.8. The minimum atomic E-state index is -0.166. The van der Waals surface area contributed by atoms with Crippen molar-refractivity contribution in [1.29, 1.82) is 0 Å². The highest BCUT2D eigenvalue weighted by Crippen LogP contribution is 2.38. The molecule has 1 aliphatic carbocycles. The Hall–Kier alpha value is -3.20. The molecule has 0 atom stereocenters. The zero-order valence-electron chi connectivity index (χ0n) is 13.0. The van der Waals surface area contributed by atoms with Crippen LogP contribution in [0.4, 0.5) is 0 Å². The van der Waals surface area contributed by atoms with Crippen molar-refractivity contribution in [3.8, 4) is 11.1 Å². The van der Waals surface area contributed by atoms with Crippen LogP contribution >= 0.6 is 0 Å². The van der Waals surface area contributed by atoms with Crippen LogP contribution in [0, 0.1) is 0 Å². The van der Waals surface area contributed by atoms with Gasteiger partial charge < -0.3 is 5.32 Å². The van der Waals surface area contributed by atoms with Gasteiger partial charge in [0.15, 0.2) is 5.78 Å². The molecule has 3 aromatic carbocycles. The molecule has 0 bridgehead atoms. The summed E-state index contributed by atoms with van der Waals surface area (Å²) in [7, 11) is 0. The van der Waals surface area contributed by atoms with Gasteiger partial charge in [0.2, 0.25) is 0 Å². The standard InChI is InChI=1S/C21H15NO2/c23-20-16-10-5-4-9-15(16)19-17(20)11-6-12-18(19)21(24)22-13-14-7-2-1-3-8-14/h1-12H,13H2,(H,22,24). The van der Waals surface area contributed by atoms with Crippen LogP contribution in [0.3, 0.4) is 0 Å². The molecule has 0 fully saturated rings. The van der Waals surface area contributed by atoms with Crippen molar-refractivity contribution in [1.82, 2.24) is 5.32 Å². The Labute approximate surface area is 140 Å². The van der Waals surface area contributed by atoms with Crippen LogP contribution in [0.1, 0.15) is 31.8 Å². The molecule has 116 valence electrons. The lowest BCUT2D eigenvalue weighted by atomic mass is 9.99. The van der Waals surface area contributed by atoms with Crippen LogP contribution in [-0.2, 0) is 6.54 Å². The lowest BCUT2D eigenvalue weighted by Gasteiger charge is -2.10. The quantitative estimate of drug-likeness (QED) is 0.625. The summed E-state index contributed by atoms with van der Waals surface area (Å²) in [5, 5.41) is 2.94. The predicted octanol–water partition coefficient (Wildman–Crippen LogP) is 3.83. The Morgan fingerprint density at radius 3 is 2.21 bits per heavy atom. The first-order valence-corrected chi connectivity index (χ1v) is 7.85. The molecule has 3 aromatic rings. The molecule has 0 saturated heterocycles. The van der Waals surface area contributed by atoms with Gasteiger partial charge in [-0.2, -0.15) is 0 Å². The van der Waals surface area contributed by atoms with Gasteiger partial charge in [-0.15, -0.1) is 0 Å². The van der Waals surface area contributed by atoms with Gasteiger partial charge in [-0.05, 0) is 17.2 Å². The fraction of sp³-hybridized carbons (Fsp3) is 0.0476. The van der Waals surface area contributed by atoms with Crippen molar-refractivity contribution in [2.45, 2.75) is 6.54 Å². The van der Waals surface area contributed by atoms with Crippen molar-refractivity contribution in [3.05, 3.63) is 95.1 Å². The molecule has 0 unspecified atom stereocenters. The summed E-state index contributed by atoms with van der Waals surface area (Å²) in [6.45, 7) is 0.457.